The Hall–Kier alpha value is -3.97. The highest BCUT2D eigenvalue weighted by Crippen LogP contribution is 2.22. The van der Waals surface area contributed by atoms with Crippen molar-refractivity contribution in [2.45, 2.75) is 82.1 Å². The fourth-order valence-corrected chi connectivity index (χ4v) is 5.26. The molecule has 1 aliphatic rings. The van der Waals surface area contributed by atoms with Gasteiger partial charge in [0.15, 0.2) is 11.6 Å². The minimum absolute atomic E-state index is 0.0882. The Morgan fingerprint density at radius 2 is 1.67 bits per heavy atom. The molecule has 3 rings (SSSR count). The summed E-state index contributed by atoms with van der Waals surface area (Å²) in [6, 6.07) is 5.41. The zero-order valence-corrected chi connectivity index (χ0v) is 23.8. The topological polar surface area (TPSA) is 162 Å². The third kappa shape index (κ3) is 9.52. The number of carbonyl (C=O) groups is 4. The Kier molecular flexibility index (Phi) is 12.1. The van der Waals surface area contributed by atoms with Crippen molar-refractivity contribution < 1.29 is 42.6 Å². The molecule has 0 spiro atoms. The molecule has 0 aliphatic carbocycles. The monoisotopic (exact) mass is 606 g/mol. The van der Waals surface area contributed by atoms with E-state index in [9.17, 15) is 42.6 Å². The van der Waals surface area contributed by atoms with Gasteiger partial charge in [0.1, 0.15) is 17.9 Å². The van der Waals surface area contributed by atoms with Gasteiger partial charge < -0.3 is 26.2 Å². The molecule has 6 N–H and O–H groups in total. The van der Waals surface area contributed by atoms with Crippen LogP contribution in [-0.4, -0.2) is 75.6 Å². The lowest BCUT2D eigenvalue weighted by atomic mass is 10.0. The number of halogens is 3. The standard InChI is InChI=1S/C30H37F3N4O6/c1-2-6-24(36-25(29(40)41)10-9-17-7-4-3-5-8-17)28(39)37-16-20(14-26(37)30(42)43)35-27(38)13-19(34)11-18-12-22(32)23(33)15-21(18)31/h3-5,7-8,12,15,19-20,24-26,36H,2,6,9-11,13-14,16,34H2,1H3,(H,35,38)(H,40,41)(H,42,43)/t19-,20+,24-,25+,26+/m1/s1. The lowest BCUT2D eigenvalue weighted by Crippen LogP contribution is -2.54. The molecule has 10 nitrogen and oxygen atoms in total. The number of nitrogens with one attached hydrogen (secondary N) is 2. The summed E-state index contributed by atoms with van der Waals surface area (Å²) in [6.45, 7) is 1.69. The number of carbonyl (C=O) groups excluding carboxylic acids is 2. The van der Waals surface area contributed by atoms with E-state index in [-0.39, 0.29) is 44.2 Å². The molecular formula is C30H37F3N4O6. The van der Waals surface area contributed by atoms with Crippen LogP contribution in [-0.2, 0) is 32.0 Å². The Bertz CT molecular complexity index is 1300. The second-order valence-electron chi connectivity index (χ2n) is 10.8. The van der Waals surface area contributed by atoms with Gasteiger partial charge >= 0.3 is 11.9 Å². The summed E-state index contributed by atoms with van der Waals surface area (Å²) in [5.74, 6) is -7.16. The van der Waals surface area contributed by atoms with Crippen LogP contribution >= 0.6 is 0 Å². The van der Waals surface area contributed by atoms with Gasteiger partial charge in [0.25, 0.3) is 0 Å². The van der Waals surface area contributed by atoms with Gasteiger partial charge in [0, 0.05) is 37.5 Å². The lowest BCUT2D eigenvalue weighted by Gasteiger charge is -2.29. The van der Waals surface area contributed by atoms with Crippen LogP contribution in [0.2, 0.25) is 0 Å². The van der Waals surface area contributed by atoms with E-state index >= 15 is 0 Å². The van der Waals surface area contributed by atoms with Gasteiger partial charge in [-0.25, -0.2) is 18.0 Å². The van der Waals surface area contributed by atoms with Crippen LogP contribution in [0.5, 0.6) is 0 Å². The fourth-order valence-electron chi connectivity index (χ4n) is 5.26. The highest BCUT2D eigenvalue weighted by Gasteiger charge is 2.42. The van der Waals surface area contributed by atoms with Crippen LogP contribution in [0.1, 0.15) is 50.2 Å². The zero-order chi connectivity index (χ0) is 31.7. The largest absolute Gasteiger partial charge is 0.480 e. The van der Waals surface area contributed by atoms with Crippen LogP contribution in [0, 0.1) is 17.5 Å². The summed E-state index contributed by atoms with van der Waals surface area (Å²) in [5, 5.41) is 25.2. The number of likely N-dealkylation sites (tertiary alicyclic amines) is 1. The molecule has 2 aromatic rings. The van der Waals surface area contributed by atoms with Crippen LogP contribution in [0.3, 0.4) is 0 Å². The van der Waals surface area contributed by atoms with E-state index in [2.05, 4.69) is 10.6 Å². The maximum absolute atomic E-state index is 14.0. The average molecular weight is 607 g/mol. The molecule has 5 atom stereocenters. The van der Waals surface area contributed by atoms with Crippen molar-refractivity contribution in [1.29, 1.82) is 0 Å². The molecule has 2 amide bonds. The van der Waals surface area contributed by atoms with E-state index < -0.39 is 71.4 Å². The highest BCUT2D eigenvalue weighted by atomic mass is 19.2. The van der Waals surface area contributed by atoms with Gasteiger partial charge in [-0.1, -0.05) is 43.7 Å². The molecule has 0 aromatic heterocycles. The van der Waals surface area contributed by atoms with Gasteiger partial charge in [-0.3, -0.25) is 19.7 Å². The van der Waals surface area contributed by atoms with E-state index in [0.717, 1.165) is 10.5 Å². The number of benzene rings is 2. The number of carboxylic acid groups (broad SMARTS) is 2. The number of amides is 2. The smallest absolute Gasteiger partial charge is 0.326 e. The second-order valence-corrected chi connectivity index (χ2v) is 10.8. The number of rotatable bonds is 15. The van der Waals surface area contributed by atoms with Crippen LogP contribution in [0.4, 0.5) is 13.2 Å². The van der Waals surface area contributed by atoms with Crippen molar-refractivity contribution in [2.24, 2.45) is 5.73 Å². The first kappa shape index (κ1) is 33.5. The van der Waals surface area contributed by atoms with Gasteiger partial charge in [-0.15, -0.1) is 0 Å². The van der Waals surface area contributed by atoms with Gasteiger partial charge in [-0.05, 0) is 42.9 Å². The molecule has 234 valence electrons. The Morgan fingerprint density at radius 3 is 2.30 bits per heavy atom. The molecule has 0 saturated carbocycles. The van der Waals surface area contributed by atoms with E-state index in [0.29, 0.717) is 25.0 Å². The van der Waals surface area contributed by atoms with Crippen molar-refractivity contribution in [3.8, 4) is 0 Å². The number of nitrogens with two attached hydrogens (primary N) is 1. The molecule has 0 unspecified atom stereocenters. The molecule has 0 bridgehead atoms. The minimum Gasteiger partial charge on any atom is -0.480 e. The molecular weight excluding hydrogens is 569 g/mol. The average Bonchev–Trinajstić information content (AvgIpc) is 3.37. The van der Waals surface area contributed by atoms with Crippen molar-refractivity contribution >= 4 is 23.8 Å². The minimum atomic E-state index is -1.34. The lowest BCUT2D eigenvalue weighted by molar-refractivity contribution is -0.149. The van der Waals surface area contributed by atoms with Gasteiger partial charge in [-0.2, -0.15) is 0 Å². The van der Waals surface area contributed by atoms with E-state index in [4.69, 9.17) is 5.73 Å². The van der Waals surface area contributed by atoms with Crippen LogP contribution in [0.15, 0.2) is 42.5 Å². The van der Waals surface area contributed by atoms with Crippen LogP contribution < -0.4 is 16.4 Å². The number of hydrogen-bond acceptors (Lipinski definition) is 6. The number of hydrogen-bond donors (Lipinski definition) is 5. The summed E-state index contributed by atoms with van der Waals surface area (Å²) in [5.41, 5.74) is 6.68. The van der Waals surface area contributed by atoms with Gasteiger partial charge in [0.2, 0.25) is 11.8 Å². The molecule has 13 heteroatoms. The number of aryl methyl sites for hydroxylation is 1. The van der Waals surface area contributed by atoms with E-state index in [1.54, 1.807) is 0 Å². The normalized spacial score (nSPS) is 18.6. The maximum Gasteiger partial charge on any atom is 0.326 e. The third-order valence-electron chi connectivity index (χ3n) is 7.39. The Labute approximate surface area is 247 Å². The summed E-state index contributed by atoms with van der Waals surface area (Å²) in [7, 11) is 0. The van der Waals surface area contributed by atoms with E-state index in [1.807, 2.05) is 37.3 Å². The molecule has 1 saturated heterocycles. The Morgan fingerprint density at radius 1 is 1.00 bits per heavy atom. The van der Waals surface area contributed by atoms with Crippen molar-refractivity contribution in [3.63, 3.8) is 0 Å². The quantitative estimate of drug-likeness (QED) is 0.193. The highest BCUT2D eigenvalue weighted by molar-refractivity contribution is 5.88. The maximum atomic E-state index is 14.0. The summed E-state index contributed by atoms with van der Waals surface area (Å²) in [4.78, 5) is 51.4. The fraction of sp³-hybridized carbons (Fsp3) is 0.467. The first-order valence-electron chi connectivity index (χ1n) is 14.1. The number of carboxylic acids is 2. The van der Waals surface area contributed by atoms with Crippen LogP contribution in [0.25, 0.3) is 0 Å². The number of nitrogens with zero attached hydrogens (tertiary/aromatic N) is 1. The predicted octanol–water partition coefficient (Wildman–Crippen LogP) is 2.38. The Balaban J connectivity index is 1.63. The molecule has 1 heterocycles. The molecule has 2 aromatic carbocycles. The SMILES string of the molecule is CCC[C@@H](N[C@@H](CCc1ccccc1)C(=O)O)C(=O)N1C[C@@H](NC(=O)C[C@H](N)Cc2cc(F)c(F)cc2F)C[C@H]1C(=O)O. The summed E-state index contributed by atoms with van der Waals surface area (Å²) >= 11 is 0. The first-order chi connectivity index (χ1) is 20.4. The first-order valence-corrected chi connectivity index (χ1v) is 14.1. The van der Waals surface area contributed by atoms with E-state index in [1.165, 1.54) is 0 Å². The third-order valence-corrected chi connectivity index (χ3v) is 7.39. The zero-order valence-electron chi connectivity index (χ0n) is 23.8. The van der Waals surface area contributed by atoms with Crippen molar-refractivity contribution in [1.82, 2.24) is 15.5 Å². The van der Waals surface area contributed by atoms with Gasteiger partial charge in [0.05, 0.1) is 6.04 Å². The van der Waals surface area contributed by atoms with Crippen molar-refractivity contribution in [3.05, 3.63) is 71.0 Å². The predicted molar refractivity (Wildman–Crippen MR) is 150 cm³/mol. The molecule has 43 heavy (non-hydrogen) atoms. The van der Waals surface area contributed by atoms with Crippen molar-refractivity contribution in [2.75, 3.05) is 6.54 Å². The summed E-state index contributed by atoms with van der Waals surface area (Å²) in [6.07, 6.45) is 0.807. The number of aliphatic carboxylic acids is 2. The molecule has 1 aliphatic heterocycles. The second kappa shape index (κ2) is 15.5. The molecule has 0 radical (unpaired) electrons. The summed E-state index contributed by atoms with van der Waals surface area (Å²) < 4.78 is 40.6. The molecule has 1 fully saturated rings.